The van der Waals surface area contributed by atoms with E-state index in [9.17, 15) is 0 Å². The topological polar surface area (TPSA) is 38.0 Å². The van der Waals surface area contributed by atoms with Gasteiger partial charge in [0.1, 0.15) is 0 Å². The van der Waals surface area contributed by atoms with E-state index in [1.54, 1.807) is 11.8 Å². The number of hydrogen-bond donors (Lipinski definition) is 2. The quantitative estimate of drug-likeness (QED) is 0.447. The van der Waals surface area contributed by atoms with Gasteiger partial charge in [0.05, 0.1) is 0 Å². The Bertz CT molecular complexity index is 307. The van der Waals surface area contributed by atoms with Gasteiger partial charge in [-0.2, -0.15) is 0 Å². The van der Waals surface area contributed by atoms with Crippen molar-refractivity contribution in [1.29, 1.82) is 0 Å². The Balaban J connectivity index is 2.37. The van der Waals surface area contributed by atoms with Crippen LogP contribution in [0.25, 0.3) is 0 Å². The summed E-state index contributed by atoms with van der Waals surface area (Å²) in [5, 5.41) is 0.788. The number of halogens is 1. The van der Waals surface area contributed by atoms with Gasteiger partial charge in [-0.05, 0) is 24.6 Å². The second-order valence-corrected chi connectivity index (χ2v) is 5.30. The van der Waals surface area contributed by atoms with Crippen molar-refractivity contribution in [3.05, 3.63) is 29.3 Å². The van der Waals surface area contributed by atoms with Gasteiger partial charge < -0.3 is 0 Å². The van der Waals surface area contributed by atoms with Crippen molar-refractivity contribution in [2.24, 2.45) is 5.84 Å². The molecule has 0 spiro atoms. The Kier molecular flexibility index (Phi) is 6.88. The molecule has 0 saturated carbocycles. The Morgan fingerprint density at radius 3 is 2.94 bits per heavy atom. The van der Waals surface area contributed by atoms with Gasteiger partial charge in [-0.3, -0.25) is 11.3 Å². The maximum atomic E-state index is 5.92. The van der Waals surface area contributed by atoms with Gasteiger partial charge in [0.2, 0.25) is 0 Å². The highest BCUT2D eigenvalue weighted by Gasteiger charge is 2.06. The smallest absolute Gasteiger partial charge is 0.0417 e. The van der Waals surface area contributed by atoms with Crippen molar-refractivity contribution in [1.82, 2.24) is 5.43 Å². The fourth-order valence-corrected chi connectivity index (χ4v) is 2.72. The third-order valence-electron chi connectivity index (χ3n) is 2.39. The van der Waals surface area contributed by atoms with Gasteiger partial charge in [-0.25, -0.2) is 0 Å². The van der Waals surface area contributed by atoms with E-state index in [0.29, 0.717) is 6.04 Å². The molecule has 1 aromatic carbocycles. The molecule has 0 amide bonds. The lowest BCUT2D eigenvalue weighted by Crippen LogP contribution is -2.36. The lowest BCUT2D eigenvalue weighted by molar-refractivity contribution is 0.516. The summed E-state index contributed by atoms with van der Waals surface area (Å²) in [4.78, 5) is 1.20. The number of hydrogen-bond acceptors (Lipinski definition) is 3. The normalized spacial score (nSPS) is 12.7. The van der Waals surface area contributed by atoms with Crippen molar-refractivity contribution in [3.63, 3.8) is 0 Å². The van der Waals surface area contributed by atoms with Crippen LogP contribution in [0.15, 0.2) is 29.2 Å². The van der Waals surface area contributed by atoms with Crippen molar-refractivity contribution < 1.29 is 0 Å². The molecule has 0 saturated heterocycles. The van der Waals surface area contributed by atoms with Crippen LogP contribution in [0.3, 0.4) is 0 Å². The molecule has 4 heteroatoms. The summed E-state index contributed by atoms with van der Waals surface area (Å²) in [5.41, 5.74) is 2.87. The maximum Gasteiger partial charge on any atom is 0.0417 e. The predicted molar refractivity (Wildman–Crippen MR) is 72.8 cm³/mol. The van der Waals surface area contributed by atoms with Crippen LogP contribution in [0.1, 0.15) is 26.2 Å². The number of hydrazine groups is 1. The molecule has 1 atom stereocenters. The summed E-state index contributed by atoms with van der Waals surface area (Å²) in [6, 6.07) is 8.30. The van der Waals surface area contributed by atoms with Crippen LogP contribution < -0.4 is 11.3 Å². The summed E-state index contributed by atoms with van der Waals surface area (Å²) in [6.07, 6.45) is 3.55. The van der Waals surface area contributed by atoms with Crippen molar-refractivity contribution in [2.45, 2.75) is 37.1 Å². The van der Waals surface area contributed by atoms with Gasteiger partial charge in [0.15, 0.2) is 0 Å². The first-order valence-electron chi connectivity index (χ1n) is 5.60. The number of benzene rings is 1. The molecule has 0 bridgehead atoms. The fourth-order valence-electron chi connectivity index (χ4n) is 1.42. The van der Waals surface area contributed by atoms with Crippen LogP contribution in [-0.2, 0) is 0 Å². The molecule has 3 N–H and O–H groups in total. The number of unbranched alkanes of at least 4 members (excludes halogenated alkanes) is 1. The number of nitrogens with one attached hydrogen (secondary N) is 1. The highest BCUT2D eigenvalue weighted by atomic mass is 35.5. The summed E-state index contributed by atoms with van der Waals surface area (Å²) in [7, 11) is 0. The van der Waals surface area contributed by atoms with Crippen molar-refractivity contribution in [3.8, 4) is 0 Å². The maximum absolute atomic E-state index is 5.92. The van der Waals surface area contributed by atoms with Crippen LogP contribution >= 0.6 is 23.4 Å². The van der Waals surface area contributed by atoms with Crippen molar-refractivity contribution >= 4 is 23.4 Å². The monoisotopic (exact) mass is 258 g/mol. The number of rotatable bonds is 7. The molecular formula is C12H19ClN2S. The second-order valence-electron chi connectivity index (χ2n) is 3.77. The molecule has 0 aliphatic rings. The van der Waals surface area contributed by atoms with E-state index in [1.807, 2.05) is 18.2 Å². The highest BCUT2D eigenvalue weighted by molar-refractivity contribution is 7.99. The lowest BCUT2D eigenvalue weighted by Gasteiger charge is -2.14. The number of nitrogens with two attached hydrogens (primary N) is 1. The molecular weight excluding hydrogens is 240 g/mol. The third kappa shape index (κ3) is 5.21. The molecule has 0 radical (unpaired) electrons. The van der Waals surface area contributed by atoms with Crippen LogP contribution in [0.4, 0.5) is 0 Å². The summed E-state index contributed by atoms with van der Waals surface area (Å²) < 4.78 is 0. The Morgan fingerprint density at radius 2 is 2.31 bits per heavy atom. The first-order chi connectivity index (χ1) is 7.76. The van der Waals surface area contributed by atoms with E-state index in [4.69, 9.17) is 17.4 Å². The molecule has 1 unspecified atom stereocenters. The summed E-state index contributed by atoms with van der Waals surface area (Å²) in [5.74, 6) is 6.50. The zero-order valence-electron chi connectivity index (χ0n) is 9.58. The Hall–Kier alpha value is -0.220. The Morgan fingerprint density at radius 1 is 1.50 bits per heavy atom. The van der Waals surface area contributed by atoms with Gasteiger partial charge >= 0.3 is 0 Å². The summed E-state index contributed by atoms with van der Waals surface area (Å²) >= 11 is 7.71. The van der Waals surface area contributed by atoms with Crippen LogP contribution in [-0.4, -0.2) is 11.8 Å². The van der Waals surface area contributed by atoms with Crippen LogP contribution in [0.5, 0.6) is 0 Å². The van der Waals surface area contributed by atoms with E-state index >= 15 is 0 Å². The van der Waals surface area contributed by atoms with Crippen molar-refractivity contribution in [2.75, 3.05) is 5.75 Å². The minimum Gasteiger partial charge on any atom is -0.271 e. The lowest BCUT2D eigenvalue weighted by atomic mass is 10.1. The van der Waals surface area contributed by atoms with E-state index in [-0.39, 0.29) is 0 Å². The Labute approximate surface area is 107 Å². The minimum absolute atomic E-state index is 0.379. The molecule has 0 heterocycles. The zero-order valence-corrected chi connectivity index (χ0v) is 11.2. The van der Waals surface area contributed by atoms with E-state index in [1.165, 1.54) is 17.7 Å². The average Bonchev–Trinajstić information content (AvgIpc) is 2.29. The van der Waals surface area contributed by atoms with Crippen LogP contribution in [0, 0.1) is 0 Å². The molecule has 0 fully saturated rings. The van der Waals surface area contributed by atoms with Gasteiger partial charge in [-0.1, -0.05) is 37.4 Å². The highest BCUT2D eigenvalue weighted by Crippen LogP contribution is 2.22. The van der Waals surface area contributed by atoms with E-state index in [2.05, 4.69) is 18.4 Å². The first-order valence-corrected chi connectivity index (χ1v) is 6.97. The van der Waals surface area contributed by atoms with Crippen LogP contribution in [0.2, 0.25) is 5.02 Å². The molecule has 0 aliphatic heterocycles. The minimum atomic E-state index is 0.379. The zero-order chi connectivity index (χ0) is 11.8. The first kappa shape index (κ1) is 13.8. The molecule has 0 aliphatic carbocycles. The molecule has 0 aromatic heterocycles. The van der Waals surface area contributed by atoms with E-state index in [0.717, 1.165) is 17.2 Å². The molecule has 90 valence electrons. The van der Waals surface area contributed by atoms with E-state index < -0.39 is 0 Å². The summed E-state index contributed by atoms with van der Waals surface area (Å²) in [6.45, 7) is 2.19. The molecule has 1 rings (SSSR count). The predicted octanol–water partition coefficient (Wildman–Crippen LogP) is 3.45. The fraction of sp³-hybridized carbons (Fsp3) is 0.500. The SMILES string of the molecule is CCCCC(CSc1cccc(Cl)c1)NN. The largest absolute Gasteiger partial charge is 0.271 e. The molecule has 16 heavy (non-hydrogen) atoms. The molecule has 1 aromatic rings. The van der Waals surface area contributed by atoms with Gasteiger partial charge in [-0.15, -0.1) is 11.8 Å². The standard InChI is InChI=1S/C12H19ClN2S/c1-2-3-6-11(15-14)9-16-12-7-4-5-10(13)8-12/h4-5,7-8,11,15H,2-3,6,9,14H2,1H3. The third-order valence-corrected chi connectivity index (χ3v) is 3.78. The number of thioether (sulfide) groups is 1. The van der Waals surface area contributed by atoms with Gasteiger partial charge in [0.25, 0.3) is 0 Å². The second kappa shape index (κ2) is 7.96. The average molecular weight is 259 g/mol. The van der Waals surface area contributed by atoms with Gasteiger partial charge in [0, 0.05) is 21.7 Å². The molecule has 2 nitrogen and oxygen atoms in total.